The molecule has 0 saturated carbocycles. The summed E-state index contributed by atoms with van der Waals surface area (Å²) < 4.78 is 18.0. The van der Waals surface area contributed by atoms with Crippen molar-refractivity contribution in [1.82, 2.24) is 0 Å². The lowest BCUT2D eigenvalue weighted by Gasteiger charge is -2.10. The Kier molecular flexibility index (Phi) is 2.27. The van der Waals surface area contributed by atoms with E-state index in [0.29, 0.717) is 13.2 Å². The molecule has 3 nitrogen and oxygen atoms in total. The number of hydrogen-bond donors (Lipinski definition) is 0. The van der Waals surface area contributed by atoms with Crippen LogP contribution in [0, 0.1) is 0 Å². The Morgan fingerprint density at radius 2 is 2.27 bits per heavy atom. The lowest BCUT2D eigenvalue weighted by molar-refractivity contribution is 0.153. The van der Waals surface area contributed by atoms with Crippen molar-refractivity contribution in [2.24, 2.45) is 0 Å². The third-order valence-corrected chi connectivity index (χ3v) is 3.47. The van der Waals surface area contributed by atoms with Crippen LogP contribution < -0.4 is 10.2 Å². The lowest BCUT2D eigenvalue weighted by atomic mass is 9.78. The van der Waals surface area contributed by atoms with Crippen LogP contribution in [0.5, 0.6) is 5.75 Å². The second-order valence-corrected chi connectivity index (χ2v) is 4.56. The molecule has 1 aromatic rings. The third kappa shape index (κ3) is 1.41. The summed E-state index contributed by atoms with van der Waals surface area (Å²) in [6, 6.07) is 3.97. The minimum Gasteiger partial charge on any atom is -0.492 e. The van der Waals surface area contributed by atoms with Crippen LogP contribution in [0.4, 0.5) is 0 Å². The van der Waals surface area contributed by atoms with Crippen LogP contribution in [0.1, 0.15) is 18.6 Å². The van der Waals surface area contributed by atoms with Crippen molar-refractivity contribution in [3.63, 3.8) is 0 Å². The quantitative estimate of drug-likeness (QED) is 0.670. The van der Waals surface area contributed by atoms with E-state index in [1.807, 2.05) is 19.1 Å². The van der Waals surface area contributed by atoms with E-state index in [0.717, 1.165) is 21.2 Å². The van der Waals surface area contributed by atoms with Gasteiger partial charge in [-0.25, -0.2) is 0 Å². The summed E-state index contributed by atoms with van der Waals surface area (Å²) in [5.41, 5.74) is 2.20. The normalized spacial score (nSPS) is 23.3. The fourth-order valence-electron chi connectivity index (χ4n) is 2.12. The van der Waals surface area contributed by atoms with Crippen LogP contribution in [0.3, 0.4) is 0 Å². The first-order valence-corrected chi connectivity index (χ1v) is 5.79. The molecule has 0 aromatic heterocycles. The standard InChI is InChI=1S/C10H10BBrO3/c1-6-9-7(12)2-3-8-10(9)11(15-6)14-5-4-13-8/h2-3,6H,4-5H2,1H3/t6-/m1/s1. The van der Waals surface area contributed by atoms with Crippen molar-refractivity contribution in [2.45, 2.75) is 13.0 Å². The number of benzene rings is 1. The molecule has 0 unspecified atom stereocenters. The van der Waals surface area contributed by atoms with Crippen LogP contribution in [-0.2, 0) is 9.31 Å². The van der Waals surface area contributed by atoms with E-state index in [2.05, 4.69) is 15.9 Å². The van der Waals surface area contributed by atoms with Gasteiger partial charge < -0.3 is 14.0 Å². The first kappa shape index (κ1) is 9.69. The van der Waals surface area contributed by atoms with Gasteiger partial charge in [-0.3, -0.25) is 0 Å². The van der Waals surface area contributed by atoms with Gasteiger partial charge in [0.05, 0.1) is 12.7 Å². The number of rotatable bonds is 0. The lowest BCUT2D eigenvalue weighted by Crippen LogP contribution is -2.31. The van der Waals surface area contributed by atoms with Gasteiger partial charge in [0.25, 0.3) is 0 Å². The molecule has 0 fully saturated rings. The first-order chi connectivity index (χ1) is 7.27. The minimum atomic E-state index is -0.259. The van der Waals surface area contributed by atoms with E-state index >= 15 is 0 Å². The number of hydrogen-bond acceptors (Lipinski definition) is 3. The molecule has 2 heterocycles. The van der Waals surface area contributed by atoms with Crippen molar-refractivity contribution < 1.29 is 14.0 Å². The van der Waals surface area contributed by atoms with E-state index in [4.69, 9.17) is 14.0 Å². The largest absolute Gasteiger partial charge is 0.498 e. The zero-order valence-corrected chi connectivity index (χ0v) is 9.91. The van der Waals surface area contributed by atoms with E-state index in [9.17, 15) is 0 Å². The summed E-state index contributed by atoms with van der Waals surface area (Å²) in [6.07, 6.45) is 0.0565. The SMILES string of the molecule is C[C@H]1OB2OCCOc3ccc(Br)c1c32. The molecule has 0 bridgehead atoms. The van der Waals surface area contributed by atoms with Crippen LogP contribution in [0.25, 0.3) is 0 Å². The summed E-state index contributed by atoms with van der Waals surface area (Å²) in [7, 11) is -0.259. The fraction of sp³-hybridized carbons (Fsp3) is 0.400. The van der Waals surface area contributed by atoms with Gasteiger partial charge in [-0.15, -0.1) is 0 Å². The van der Waals surface area contributed by atoms with Gasteiger partial charge in [0.15, 0.2) is 0 Å². The van der Waals surface area contributed by atoms with Crippen LogP contribution in [0.2, 0.25) is 0 Å². The molecule has 15 heavy (non-hydrogen) atoms. The molecule has 0 N–H and O–H groups in total. The highest BCUT2D eigenvalue weighted by Gasteiger charge is 2.40. The average molecular weight is 269 g/mol. The monoisotopic (exact) mass is 268 g/mol. The molecule has 2 aliphatic rings. The van der Waals surface area contributed by atoms with Crippen molar-refractivity contribution in [3.8, 4) is 5.75 Å². The Balaban J connectivity index is 2.22. The van der Waals surface area contributed by atoms with Gasteiger partial charge in [-0.2, -0.15) is 0 Å². The zero-order valence-electron chi connectivity index (χ0n) is 8.33. The molecule has 1 aromatic carbocycles. The second-order valence-electron chi connectivity index (χ2n) is 3.70. The highest BCUT2D eigenvalue weighted by molar-refractivity contribution is 9.10. The van der Waals surface area contributed by atoms with Gasteiger partial charge in [0.2, 0.25) is 0 Å². The maximum absolute atomic E-state index is 5.74. The van der Waals surface area contributed by atoms with Crippen molar-refractivity contribution in [3.05, 3.63) is 22.2 Å². The summed E-state index contributed by atoms with van der Waals surface area (Å²) in [5.74, 6) is 0.889. The van der Waals surface area contributed by atoms with Crippen molar-refractivity contribution in [2.75, 3.05) is 13.2 Å². The molecule has 0 saturated heterocycles. The molecule has 0 radical (unpaired) electrons. The minimum absolute atomic E-state index is 0.0565. The first-order valence-electron chi connectivity index (χ1n) is 4.99. The highest BCUT2D eigenvalue weighted by Crippen LogP contribution is 2.34. The molecule has 3 rings (SSSR count). The Morgan fingerprint density at radius 1 is 1.40 bits per heavy atom. The van der Waals surface area contributed by atoms with Gasteiger partial charge in [-0.05, 0) is 24.6 Å². The summed E-state index contributed by atoms with van der Waals surface area (Å²) >= 11 is 3.54. The van der Waals surface area contributed by atoms with Crippen molar-refractivity contribution >= 4 is 28.5 Å². The van der Waals surface area contributed by atoms with Crippen molar-refractivity contribution in [1.29, 1.82) is 0 Å². The summed E-state index contributed by atoms with van der Waals surface area (Å²) in [6.45, 7) is 3.18. The Labute approximate surface area is 97.0 Å². The zero-order chi connectivity index (χ0) is 10.4. The van der Waals surface area contributed by atoms with E-state index in [1.165, 1.54) is 0 Å². The number of halogens is 1. The topological polar surface area (TPSA) is 27.7 Å². The summed E-state index contributed by atoms with van der Waals surface area (Å²) in [5, 5.41) is 0. The van der Waals surface area contributed by atoms with Gasteiger partial charge >= 0.3 is 7.12 Å². The molecule has 0 amide bonds. The van der Waals surface area contributed by atoms with Crippen LogP contribution >= 0.6 is 15.9 Å². The van der Waals surface area contributed by atoms with Gasteiger partial charge in [-0.1, -0.05) is 15.9 Å². The molecular weight excluding hydrogens is 259 g/mol. The van der Waals surface area contributed by atoms with Gasteiger partial charge in [0.1, 0.15) is 12.4 Å². The maximum Gasteiger partial charge on any atom is 0.498 e. The molecule has 78 valence electrons. The third-order valence-electron chi connectivity index (χ3n) is 2.77. The summed E-state index contributed by atoms with van der Waals surface area (Å²) in [4.78, 5) is 0. The fourth-order valence-corrected chi connectivity index (χ4v) is 2.79. The average Bonchev–Trinajstić information content (AvgIpc) is 2.43. The molecule has 2 aliphatic heterocycles. The molecule has 5 heteroatoms. The predicted octanol–water partition coefficient (Wildman–Crippen LogP) is 1.64. The van der Waals surface area contributed by atoms with E-state index < -0.39 is 0 Å². The molecule has 0 spiro atoms. The second kappa shape index (κ2) is 3.51. The predicted molar refractivity (Wildman–Crippen MR) is 60.5 cm³/mol. The maximum atomic E-state index is 5.74. The van der Waals surface area contributed by atoms with E-state index in [1.54, 1.807) is 0 Å². The molecular formula is C10H10BBrO3. The van der Waals surface area contributed by atoms with E-state index in [-0.39, 0.29) is 13.2 Å². The Hall–Kier alpha value is -0.515. The molecule has 1 atom stereocenters. The smallest absolute Gasteiger partial charge is 0.492 e. The van der Waals surface area contributed by atoms with Gasteiger partial charge in [0, 0.05) is 9.94 Å². The number of ether oxygens (including phenoxy) is 1. The Morgan fingerprint density at radius 3 is 3.13 bits per heavy atom. The highest BCUT2D eigenvalue weighted by atomic mass is 79.9. The van der Waals surface area contributed by atoms with Crippen LogP contribution in [0.15, 0.2) is 16.6 Å². The Bertz CT molecular complexity index is 410. The molecule has 0 aliphatic carbocycles. The van der Waals surface area contributed by atoms with Crippen LogP contribution in [-0.4, -0.2) is 20.3 Å².